The Hall–Kier alpha value is -3.80. The Balaban J connectivity index is 0.00000337. The van der Waals surface area contributed by atoms with Crippen molar-refractivity contribution >= 4 is 29.7 Å². The molecule has 2 saturated heterocycles. The van der Waals surface area contributed by atoms with Crippen LogP contribution in [0.5, 0.6) is 5.75 Å². The van der Waals surface area contributed by atoms with Gasteiger partial charge in [0, 0.05) is 60.6 Å². The van der Waals surface area contributed by atoms with Crippen LogP contribution in [0.15, 0.2) is 55.1 Å². The van der Waals surface area contributed by atoms with Crippen LogP contribution in [0, 0.1) is 5.82 Å². The van der Waals surface area contributed by atoms with Crippen molar-refractivity contribution in [3.05, 3.63) is 60.9 Å². The van der Waals surface area contributed by atoms with E-state index in [1.807, 2.05) is 18.5 Å². The Morgan fingerprint density at radius 1 is 1.10 bits per heavy atom. The van der Waals surface area contributed by atoms with E-state index in [-0.39, 0.29) is 29.8 Å². The summed E-state index contributed by atoms with van der Waals surface area (Å²) in [6.07, 6.45) is 11.7. The van der Waals surface area contributed by atoms with Crippen molar-refractivity contribution in [3.63, 3.8) is 0 Å². The van der Waals surface area contributed by atoms with Crippen LogP contribution in [0.2, 0.25) is 0 Å². The number of aromatic nitrogens is 5. The molecule has 10 nitrogen and oxygen atoms in total. The van der Waals surface area contributed by atoms with Crippen molar-refractivity contribution in [2.24, 2.45) is 5.73 Å². The number of hydrogen-bond donors (Lipinski definition) is 3. The van der Waals surface area contributed by atoms with Gasteiger partial charge in [-0.15, -0.1) is 12.4 Å². The molecule has 5 heterocycles. The van der Waals surface area contributed by atoms with E-state index in [1.165, 1.54) is 13.2 Å². The molecular weight excluding hydrogens is 545 g/mol. The highest BCUT2D eigenvalue weighted by atomic mass is 35.5. The standard InChI is InChI=1S/C29H34FN9O.ClH/c1-40-25-6-2-5-23(30)28(25)29-33-12-9-26(37-29)36-27-14-24(38-13-3-4-20(31)18-38)22(16-34-27)19-15-35-39(17-19)21-7-10-32-11-8-21;/h2,5-6,9,12,14-17,20-21,32H,3-4,7-8,10-11,13,18,31H2,1H3,(H,33,34,36,37);1H/t20-;/m0./s1. The number of pyridine rings is 1. The smallest absolute Gasteiger partial charge is 0.168 e. The van der Waals surface area contributed by atoms with Gasteiger partial charge in [0.1, 0.15) is 23.2 Å². The van der Waals surface area contributed by atoms with E-state index in [4.69, 9.17) is 20.6 Å². The summed E-state index contributed by atoms with van der Waals surface area (Å²) in [6.45, 7) is 3.70. The molecule has 6 rings (SSSR count). The molecule has 0 bridgehead atoms. The second kappa shape index (κ2) is 12.8. The number of nitrogens with one attached hydrogen (secondary N) is 2. The summed E-state index contributed by atoms with van der Waals surface area (Å²) >= 11 is 0. The molecule has 4 aromatic rings. The van der Waals surface area contributed by atoms with Gasteiger partial charge >= 0.3 is 0 Å². The first-order valence-electron chi connectivity index (χ1n) is 13.8. The summed E-state index contributed by atoms with van der Waals surface area (Å²) < 4.78 is 22.1. The molecule has 3 aromatic heterocycles. The summed E-state index contributed by atoms with van der Waals surface area (Å²) in [6, 6.07) is 8.91. The average molecular weight is 580 g/mol. The molecule has 216 valence electrons. The number of rotatable bonds is 7. The fraction of sp³-hybridized carbons (Fsp3) is 0.379. The monoisotopic (exact) mass is 579 g/mol. The predicted molar refractivity (Wildman–Crippen MR) is 161 cm³/mol. The number of piperidine rings is 2. The van der Waals surface area contributed by atoms with Gasteiger partial charge in [-0.3, -0.25) is 4.68 Å². The number of methoxy groups -OCH3 is 1. The first-order valence-corrected chi connectivity index (χ1v) is 13.8. The Bertz CT molecular complexity index is 1480. The first kappa shape index (κ1) is 28.7. The fourth-order valence-corrected chi connectivity index (χ4v) is 5.55. The third-order valence-electron chi connectivity index (χ3n) is 7.61. The molecule has 0 spiro atoms. The van der Waals surface area contributed by atoms with E-state index in [2.05, 4.69) is 36.4 Å². The molecule has 12 heteroatoms. The summed E-state index contributed by atoms with van der Waals surface area (Å²) in [5.74, 6) is 1.26. The van der Waals surface area contributed by atoms with Crippen LogP contribution in [0.25, 0.3) is 22.5 Å². The summed E-state index contributed by atoms with van der Waals surface area (Å²) in [5, 5.41) is 11.4. The zero-order valence-electron chi connectivity index (χ0n) is 23.0. The second-order valence-corrected chi connectivity index (χ2v) is 10.3. The molecule has 0 unspecified atom stereocenters. The Labute approximate surface area is 245 Å². The molecule has 2 aliphatic heterocycles. The number of benzene rings is 1. The zero-order valence-corrected chi connectivity index (χ0v) is 23.8. The molecule has 41 heavy (non-hydrogen) atoms. The van der Waals surface area contributed by atoms with Crippen molar-refractivity contribution in [3.8, 4) is 28.3 Å². The molecule has 0 amide bonds. The van der Waals surface area contributed by atoms with Crippen molar-refractivity contribution < 1.29 is 9.13 Å². The highest BCUT2D eigenvalue weighted by molar-refractivity contribution is 5.85. The van der Waals surface area contributed by atoms with E-state index in [9.17, 15) is 4.39 Å². The van der Waals surface area contributed by atoms with Crippen LogP contribution in [-0.4, -0.2) is 64.1 Å². The molecular formula is C29H35ClFN9O. The third kappa shape index (κ3) is 6.27. The molecule has 2 fully saturated rings. The molecule has 1 aromatic carbocycles. The van der Waals surface area contributed by atoms with Gasteiger partial charge in [0.25, 0.3) is 0 Å². The Morgan fingerprint density at radius 2 is 1.95 bits per heavy atom. The van der Waals surface area contributed by atoms with Gasteiger partial charge in [0.2, 0.25) is 0 Å². The molecule has 0 saturated carbocycles. The molecule has 2 aliphatic rings. The predicted octanol–water partition coefficient (Wildman–Crippen LogP) is 4.57. The number of anilines is 3. The lowest BCUT2D eigenvalue weighted by Crippen LogP contribution is -2.43. The Morgan fingerprint density at radius 3 is 2.76 bits per heavy atom. The lowest BCUT2D eigenvalue weighted by Gasteiger charge is -2.34. The van der Waals surface area contributed by atoms with Gasteiger partial charge in [0.15, 0.2) is 5.82 Å². The van der Waals surface area contributed by atoms with Crippen LogP contribution in [0.4, 0.5) is 21.7 Å². The lowest BCUT2D eigenvalue weighted by atomic mass is 10.0. The minimum Gasteiger partial charge on any atom is -0.496 e. The van der Waals surface area contributed by atoms with Crippen molar-refractivity contribution in [1.82, 2.24) is 30.0 Å². The Kier molecular flexibility index (Phi) is 8.96. The number of nitrogens with zero attached hydrogens (tertiary/aromatic N) is 6. The largest absolute Gasteiger partial charge is 0.496 e. The minimum atomic E-state index is -0.451. The van der Waals surface area contributed by atoms with Crippen LogP contribution < -0.4 is 26.0 Å². The first-order chi connectivity index (χ1) is 19.6. The fourth-order valence-electron chi connectivity index (χ4n) is 5.55. The topological polar surface area (TPSA) is 119 Å². The van der Waals surface area contributed by atoms with Crippen LogP contribution >= 0.6 is 12.4 Å². The van der Waals surface area contributed by atoms with Crippen LogP contribution in [0.3, 0.4) is 0 Å². The van der Waals surface area contributed by atoms with Gasteiger partial charge in [-0.2, -0.15) is 5.10 Å². The van der Waals surface area contributed by atoms with Gasteiger partial charge in [-0.1, -0.05) is 6.07 Å². The van der Waals surface area contributed by atoms with Crippen LogP contribution in [0.1, 0.15) is 31.7 Å². The van der Waals surface area contributed by atoms with Gasteiger partial charge in [-0.25, -0.2) is 19.3 Å². The molecule has 0 radical (unpaired) electrons. The number of hydrogen-bond acceptors (Lipinski definition) is 9. The lowest BCUT2D eigenvalue weighted by molar-refractivity contribution is 0.343. The SMILES string of the molecule is COc1cccc(F)c1-c1nccc(Nc2cc(N3CCC[C@H](N)C3)c(-c3cnn(C4CCNCC4)c3)cn2)n1.Cl. The number of halogens is 2. The quantitative estimate of drug-likeness (QED) is 0.289. The van der Waals surface area contributed by atoms with Crippen molar-refractivity contribution in [1.29, 1.82) is 0 Å². The molecule has 4 N–H and O–H groups in total. The summed E-state index contributed by atoms with van der Waals surface area (Å²) in [4.78, 5) is 15.9. The highest BCUT2D eigenvalue weighted by Gasteiger charge is 2.23. The number of ether oxygens (including phenoxy) is 1. The maximum Gasteiger partial charge on any atom is 0.168 e. The van der Waals surface area contributed by atoms with E-state index in [0.29, 0.717) is 23.4 Å². The third-order valence-corrected chi connectivity index (χ3v) is 7.61. The molecule has 0 aliphatic carbocycles. The average Bonchev–Trinajstić information content (AvgIpc) is 3.48. The van der Waals surface area contributed by atoms with Gasteiger partial charge in [-0.05, 0) is 57.0 Å². The van der Waals surface area contributed by atoms with E-state index < -0.39 is 5.82 Å². The van der Waals surface area contributed by atoms with Crippen molar-refractivity contribution in [2.75, 3.05) is 43.5 Å². The molecule has 1 atom stereocenters. The van der Waals surface area contributed by atoms with Gasteiger partial charge in [0.05, 0.1) is 24.9 Å². The normalized spacial score (nSPS) is 17.6. The van der Waals surface area contributed by atoms with E-state index in [0.717, 1.165) is 68.7 Å². The van der Waals surface area contributed by atoms with Crippen molar-refractivity contribution in [2.45, 2.75) is 37.8 Å². The van der Waals surface area contributed by atoms with Gasteiger partial charge < -0.3 is 26.0 Å². The summed E-state index contributed by atoms with van der Waals surface area (Å²) in [5.41, 5.74) is 9.67. The second-order valence-electron chi connectivity index (χ2n) is 10.3. The minimum absolute atomic E-state index is 0. The summed E-state index contributed by atoms with van der Waals surface area (Å²) in [7, 11) is 1.50. The maximum atomic E-state index is 14.7. The maximum absolute atomic E-state index is 14.7. The zero-order chi connectivity index (χ0) is 27.5. The highest BCUT2D eigenvalue weighted by Crippen LogP contribution is 2.35. The number of nitrogens with two attached hydrogens (primary N) is 1. The van der Waals surface area contributed by atoms with E-state index >= 15 is 0 Å². The van der Waals surface area contributed by atoms with Crippen LogP contribution in [-0.2, 0) is 0 Å². The van der Waals surface area contributed by atoms with E-state index in [1.54, 1.807) is 24.4 Å².